The summed E-state index contributed by atoms with van der Waals surface area (Å²) >= 11 is 3.40. The van der Waals surface area contributed by atoms with Crippen molar-refractivity contribution in [2.45, 2.75) is 25.3 Å². The average molecular weight is 353 g/mol. The first-order chi connectivity index (χ1) is 10.0. The van der Waals surface area contributed by atoms with Crippen LogP contribution in [0, 0.1) is 0 Å². The molecule has 1 aliphatic rings. The highest BCUT2D eigenvalue weighted by atomic mass is 79.9. The number of carbonyl (C=O) groups excluding carboxylic acids is 1. The van der Waals surface area contributed by atoms with Crippen LogP contribution < -0.4 is 11.1 Å². The van der Waals surface area contributed by atoms with Crippen molar-refractivity contribution >= 4 is 32.9 Å². The molecule has 21 heavy (non-hydrogen) atoms. The van der Waals surface area contributed by atoms with Gasteiger partial charge < -0.3 is 9.72 Å². The third-order valence-electron chi connectivity index (χ3n) is 3.80. The van der Waals surface area contributed by atoms with E-state index in [0.717, 1.165) is 16.5 Å². The van der Waals surface area contributed by atoms with Crippen LogP contribution in [0.5, 0.6) is 0 Å². The van der Waals surface area contributed by atoms with Crippen molar-refractivity contribution in [2.75, 3.05) is 7.11 Å². The first kappa shape index (κ1) is 14.1. The van der Waals surface area contributed by atoms with Gasteiger partial charge in [-0.3, -0.25) is 19.0 Å². The Hall–Kier alpha value is -1.89. The Balaban J connectivity index is 2.30. The van der Waals surface area contributed by atoms with E-state index in [9.17, 15) is 14.4 Å². The summed E-state index contributed by atoms with van der Waals surface area (Å²) < 4.78 is 6.96. The van der Waals surface area contributed by atoms with Crippen molar-refractivity contribution in [3.05, 3.63) is 42.9 Å². The number of halogens is 1. The molecule has 0 saturated heterocycles. The number of hydrogen-bond acceptors (Lipinski definition) is 4. The van der Waals surface area contributed by atoms with Crippen molar-refractivity contribution in [3.8, 4) is 0 Å². The fourth-order valence-corrected chi connectivity index (χ4v) is 3.39. The Morgan fingerprint density at radius 1 is 1.48 bits per heavy atom. The Morgan fingerprint density at radius 3 is 2.95 bits per heavy atom. The molecule has 0 spiro atoms. The second kappa shape index (κ2) is 5.14. The molecule has 1 N–H and O–H groups in total. The molecular formula is C14H13BrN2O4. The van der Waals surface area contributed by atoms with E-state index in [2.05, 4.69) is 25.7 Å². The van der Waals surface area contributed by atoms with Crippen LogP contribution in [-0.4, -0.2) is 22.6 Å². The van der Waals surface area contributed by atoms with Gasteiger partial charge in [-0.05, 0) is 30.5 Å². The minimum Gasteiger partial charge on any atom is -0.469 e. The molecule has 0 saturated carbocycles. The number of rotatable bonds is 2. The van der Waals surface area contributed by atoms with Crippen LogP contribution in [0.1, 0.15) is 24.4 Å². The van der Waals surface area contributed by atoms with Crippen molar-refractivity contribution in [1.82, 2.24) is 9.55 Å². The van der Waals surface area contributed by atoms with E-state index >= 15 is 0 Å². The van der Waals surface area contributed by atoms with Crippen molar-refractivity contribution in [2.24, 2.45) is 0 Å². The van der Waals surface area contributed by atoms with Gasteiger partial charge in [-0.15, -0.1) is 0 Å². The normalized spacial score (nSPS) is 17.0. The lowest BCUT2D eigenvalue weighted by molar-refractivity contribution is -0.141. The number of carbonyl (C=O) groups is 1. The van der Waals surface area contributed by atoms with Gasteiger partial charge in [0.1, 0.15) is 0 Å². The molecule has 6 nitrogen and oxygen atoms in total. The van der Waals surface area contributed by atoms with Crippen LogP contribution in [0.3, 0.4) is 0 Å². The van der Waals surface area contributed by atoms with E-state index in [1.807, 2.05) is 6.07 Å². The quantitative estimate of drug-likeness (QED) is 0.655. The molecule has 2 aromatic rings. The molecule has 1 aromatic carbocycles. The van der Waals surface area contributed by atoms with Crippen molar-refractivity contribution in [3.63, 3.8) is 0 Å². The number of aromatic amines is 1. The molecule has 1 atom stereocenters. The lowest BCUT2D eigenvalue weighted by atomic mass is 9.96. The van der Waals surface area contributed by atoms with Gasteiger partial charge in [0.15, 0.2) is 0 Å². The predicted octanol–water partition coefficient (Wildman–Crippen LogP) is 1.50. The van der Waals surface area contributed by atoms with E-state index in [4.69, 9.17) is 0 Å². The SMILES string of the molecule is COC(=O)C[C@@H]1CCc2cc(Br)cc3[nH]c(=O)c(=O)n1c23. The van der Waals surface area contributed by atoms with E-state index in [0.29, 0.717) is 17.5 Å². The Morgan fingerprint density at radius 2 is 2.24 bits per heavy atom. The summed E-state index contributed by atoms with van der Waals surface area (Å²) in [7, 11) is 1.31. The van der Waals surface area contributed by atoms with E-state index in [-0.39, 0.29) is 18.4 Å². The van der Waals surface area contributed by atoms with Gasteiger partial charge >= 0.3 is 17.1 Å². The van der Waals surface area contributed by atoms with Gasteiger partial charge in [0.05, 0.1) is 24.6 Å². The summed E-state index contributed by atoms with van der Waals surface area (Å²) in [6.07, 6.45) is 1.45. The number of ether oxygens (including phenoxy) is 1. The van der Waals surface area contributed by atoms with E-state index in [1.54, 1.807) is 6.07 Å². The van der Waals surface area contributed by atoms with Crippen LogP contribution in [0.2, 0.25) is 0 Å². The molecule has 110 valence electrons. The first-order valence-corrected chi connectivity index (χ1v) is 7.34. The predicted molar refractivity (Wildman–Crippen MR) is 80.5 cm³/mol. The summed E-state index contributed by atoms with van der Waals surface area (Å²) in [6, 6.07) is 3.35. The van der Waals surface area contributed by atoms with Gasteiger partial charge in [0.2, 0.25) is 0 Å². The standard InChI is InChI=1S/C14H13BrN2O4/c1-21-11(18)6-9-3-2-7-4-8(15)5-10-12(7)17(9)14(20)13(19)16-10/h4-5,9H,2-3,6H2,1H3,(H,16,19)/t9-/m0/s1. The maximum Gasteiger partial charge on any atom is 0.317 e. The van der Waals surface area contributed by atoms with Gasteiger partial charge in [-0.25, -0.2) is 0 Å². The molecule has 0 fully saturated rings. The van der Waals surface area contributed by atoms with Crippen molar-refractivity contribution in [1.29, 1.82) is 0 Å². The zero-order valence-electron chi connectivity index (χ0n) is 11.3. The summed E-state index contributed by atoms with van der Waals surface area (Å²) in [6.45, 7) is 0. The zero-order valence-corrected chi connectivity index (χ0v) is 12.9. The van der Waals surface area contributed by atoms with Gasteiger partial charge in [0.25, 0.3) is 0 Å². The highest BCUT2D eigenvalue weighted by Gasteiger charge is 2.26. The summed E-state index contributed by atoms with van der Waals surface area (Å²) in [5.74, 6) is -0.388. The van der Waals surface area contributed by atoms with Crippen LogP contribution in [0.15, 0.2) is 26.2 Å². The molecule has 0 bridgehead atoms. The summed E-state index contributed by atoms with van der Waals surface area (Å²) in [5.41, 5.74) is 0.971. The lowest BCUT2D eigenvalue weighted by Crippen LogP contribution is -2.40. The zero-order chi connectivity index (χ0) is 15.1. The fraction of sp³-hybridized carbons (Fsp3) is 0.357. The Labute approximate surface area is 127 Å². The lowest BCUT2D eigenvalue weighted by Gasteiger charge is -2.26. The highest BCUT2D eigenvalue weighted by Crippen LogP contribution is 2.32. The van der Waals surface area contributed by atoms with Crippen LogP contribution >= 0.6 is 15.9 Å². The second-order valence-corrected chi connectivity index (χ2v) is 5.98. The molecule has 3 rings (SSSR count). The molecule has 2 heterocycles. The Kier molecular flexibility index (Phi) is 3.44. The number of esters is 1. The first-order valence-electron chi connectivity index (χ1n) is 6.55. The Bertz CT molecular complexity index is 852. The molecule has 0 amide bonds. The van der Waals surface area contributed by atoms with Gasteiger partial charge in [0, 0.05) is 10.5 Å². The molecule has 0 aliphatic carbocycles. The average Bonchev–Trinajstić information content (AvgIpc) is 2.45. The number of nitrogens with one attached hydrogen (secondary N) is 1. The summed E-state index contributed by atoms with van der Waals surface area (Å²) in [4.78, 5) is 38.2. The molecule has 1 aliphatic heterocycles. The third kappa shape index (κ3) is 2.31. The fourth-order valence-electron chi connectivity index (χ4n) is 2.88. The van der Waals surface area contributed by atoms with E-state index < -0.39 is 11.1 Å². The van der Waals surface area contributed by atoms with Crippen molar-refractivity contribution < 1.29 is 9.53 Å². The molecule has 0 unspecified atom stereocenters. The minimum atomic E-state index is -0.677. The van der Waals surface area contributed by atoms with E-state index in [1.165, 1.54) is 11.7 Å². The second-order valence-electron chi connectivity index (χ2n) is 5.06. The molecular weight excluding hydrogens is 340 g/mol. The van der Waals surface area contributed by atoms with Gasteiger partial charge in [-0.1, -0.05) is 15.9 Å². The molecule has 7 heteroatoms. The highest BCUT2D eigenvalue weighted by molar-refractivity contribution is 9.10. The van der Waals surface area contributed by atoms with Crippen LogP contribution in [0.25, 0.3) is 11.0 Å². The molecule has 1 aromatic heterocycles. The monoisotopic (exact) mass is 352 g/mol. The number of hydrogen-bond donors (Lipinski definition) is 1. The number of aryl methyl sites for hydroxylation is 1. The van der Waals surface area contributed by atoms with Gasteiger partial charge in [-0.2, -0.15) is 0 Å². The maximum absolute atomic E-state index is 12.2. The number of H-pyrrole nitrogens is 1. The summed E-state index contributed by atoms with van der Waals surface area (Å²) in [5, 5.41) is 0. The minimum absolute atomic E-state index is 0.0878. The smallest absolute Gasteiger partial charge is 0.317 e. The number of nitrogens with zero attached hydrogens (tertiary/aromatic N) is 1. The number of benzene rings is 1. The van der Waals surface area contributed by atoms with Crippen LogP contribution in [-0.2, 0) is 16.0 Å². The third-order valence-corrected chi connectivity index (χ3v) is 4.26. The van der Waals surface area contributed by atoms with Crippen LogP contribution in [0.4, 0.5) is 0 Å². The largest absolute Gasteiger partial charge is 0.469 e. The molecule has 0 radical (unpaired) electrons. The number of methoxy groups -OCH3 is 1. The maximum atomic E-state index is 12.2. The number of aromatic nitrogens is 2. The topological polar surface area (TPSA) is 81.2 Å².